The van der Waals surface area contributed by atoms with Gasteiger partial charge in [0.1, 0.15) is 5.82 Å². The van der Waals surface area contributed by atoms with Crippen LogP contribution in [0, 0.1) is 0 Å². The molecule has 0 aliphatic carbocycles. The number of aromatic nitrogens is 1. The normalized spacial score (nSPS) is 12.1. The lowest BCUT2D eigenvalue weighted by atomic mass is 9.83. The van der Waals surface area contributed by atoms with E-state index in [0.717, 1.165) is 5.46 Å². The Morgan fingerprint density at radius 3 is 2.42 bits per heavy atom. The van der Waals surface area contributed by atoms with Crippen molar-refractivity contribution in [1.29, 1.82) is 0 Å². The summed E-state index contributed by atoms with van der Waals surface area (Å²) < 4.78 is 5.60. The minimum Gasteiger partial charge on any atom is -0.427 e. The third-order valence-electron chi connectivity index (χ3n) is 3.05. The maximum atomic E-state index is 10.9. The van der Waals surface area contributed by atoms with Gasteiger partial charge in [-0.25, -0.2) is 4.98 Å². The molecule has 0 atom stereocenters. The van der Waals surface area contributed by atoms with Gasteiger partial charge in [-0.3, -0.25) is 4.79 Å². The first-order chi connectivity index (χ1) is 8.62. The van der Waals surface area contributed by atoms with Crippen LogP contribution in [0.25, 0.3) is 0 Å². The number of rotatable bonds is 5. The van der Waals surface area contributed by atoms with Crippen LogP contribution in [-0.2, 0) is 9.45 Å². The quantitative estimate of drug-likeness (QED) is 0.772. The van der Waals surface area contributed by atoms with Crippen molar-refractivity contribution in [2.24, 2.45) is 0 Å². The predicted molar refractivity (Wildman–Crippen MR) is 75.4 cm³/mol. The van der Waals surface area contributed by atoms with E-state index in [1.54, 1.807) is 39.7 Å². The second-order valence-electron chi connectivity index (χ2n) is 5.46. The molecule has 5 nitrogen and oxygen atoms in total. The molecule has 1 heterocycles. The Labute approximate surface area is 114 Å². The minimum atomic E-state index is -0.965. The smallest absolute Gasteiger partial charge is 0.332 e. The summed E-state index contributed by atoms with van der Waals surface area (Å²) in [5.74, 6) is 0.329. The molecule has 0 spiro atoms. The lowest BCUT2D eigenvalue weighted by Gasteiger charge is -2.37. The third kappa shape index (κ3) is 4.65. The topological polar surface area (TPSA) is 71.5 Å². The number of hydrogen-bond donors (Lipinski definition) is 2. The molecular formula is C13H20BN2O3. The first-order valence-electron chi connectivity index (χ1n) is 6.09. The van der Waals surface area contributed by atoms with Crippen molar-refractivity contribution in [3.8, 4) is 0 Å². The highest BCUT2D eigenvalue weighted by Gasteiger charge is 2.35. The molecule has 0 saturated heterocycles. The van der Waals surface area contributed by atoms with Crippen LogP contribution >= 0.6 is 0 Å². The molecule has 0 aromatic carbocycles. The van der Waals surface area contributed by atoms with Crippen molar-refractivity contribution in [1.82, 2.24) is 4.98 Å². The summed E-state index contributed by atoms with van der Waals surface area (Å²) in [5, 5.41) is 12.5. The Hall–Kier alpha value is -1.40. The SMILES string of the molecule is CC(=O)Nc1ccc([B]OC(C)(C)C(C)(C)O)cn1. The number of amides is 1. The molecule has 0 aliphatic heterocycles. The third-order valence-corrected chi connectivity index (χ3v) is 3.05. The van der Waals surface area contributed by atoms with Crippen LogP contribution in [0.5, 0.6) is 0 Å². The fourth-order valence-corrected chi connectivity index (χ4v) is 1.09. The summed E-state index contributed by atoms with van der Waals surface area (Å²) >= 11 is 0. The van der Waals surface area contributed by atoms with Crippen molar-refractivity contribution in [2.75, 3.05) is 5.32 Å². The van der Waals surface area contributed by atoms with Crippen LogP contribution in [0.1, 0.15) is 34.6 Å². The maximum Gasteiger partial charge on any atom is 0.332 e. The second-order valence-corrected chi connectivity index (χ2v) is 5.46. The van der Waals surface area contributed by atoms with Gasteiger partial charge in [0, 0.05) is 13.1 Å². The molecule has 1 amide bonds. The second kappa shape index (κ2) is 5.71. The molecular weight excluding hydrogens is 243 g/mol. The van der Waals surface area contributed by atoms with Gasteiger partial charge in [-0.2, -0.15) is 0 Å². The molecule has 6 heteroatoms. The van der Waals surface area contributed by atoms with Crippen molar-refractivity contribution < 1.29 is 14.6 Å². The Kier molecular flexibility index (Phi) is 4.71. The summed E-state index contributed by atoms with van der Waals surface area (Å²) in [6, 6.07) is 3.46. The average molecular weight is 263 g/mol. The summed E-state index contributed by atoms with van der Waals surface area (Å²) in [4.78, 5) is 14.9. The van der Waals surface area contributed by atoms with E-state index in [4.69, 9.17) is 4.65 Å². The van der Waals surface area contributed by atoms with Crippen LogP contribution in [0.15, 0.2) is 18.3 Å². The zero-order valence-electron chi connectivity index (χ0n) is 12.0. The Morgan fingerprint density at radius 2 is 2.00 bits per heavy atom. The zero-order chi connectivity index (χ0) is 14.7. The highest BCUT2D eigenvalue weighted by atomic mass is 16.5. The van der Waals surface area contributed by atoms with Crippen molar-refractivity contribution in [3.63, 3.8) is 0 Å². The van der Waals surface area contributed by atoms with E-state index in [0.29, 0.717) is 5.82 Å². The largest absolute Gasteiger partial charge is 0.427 e. The molecule has 0 bridgehead atoms. The highest BCUT2D eigenvalue weighted by molar-refractivity contribution is 6.46. The minimum absolute atomic E-state index is 0.163. The molecule has 1 radical (unpaired) electrons. The summed E-state index contributed by atoms with van der Waals surface area (Å²) in [6.07, 6.45) is 1.59. The van der Waals surface area contributed by atoms with E-state index < -0.39 is 11.2 Å². The summed E-state index contributed by atoms with van der Waals surface area (Å²) in [6.45, 7) is 8.43. The highest BCUT2D eigenvalue weighted by Crippen LogP contribution is 2.24. The summed E-state index contributed by atoms with van der Waals surface area (Å²) in [7, 11) is 1.54. The number of pyridine rings is 1. The van der Waals surface area contributed by atoms with E-state index in [1.807, 2.05) is 13.8 Å². The first kappa shape index (κ1) is 15.7. The molecule has 2 N–H and O–H groups in total. The maximum absolute atomic E-state index is 10.9. The molecule has 0 fully saturated rings. The van der Waals surface area contributed by atoms with E-state index in [2.05, 4.69) is 10.3 Å². The Balaban J connectivity index is 2.62. The molecule has 0 aliphatic rings. The van der Waals surface area contributed by atoms with Crippen molar-refractivity contribution in [2.45, 2.75) is 45.8 Å². The average Bonchev–Trinajstić information content (AvgIpc) is 2.26. The van der Waals surface area contributed by atoms with Crippen LogP contribution < -0.4 is 10.8 Å². The summed E-state index contributed by atoms with van der Waals surface area (Å²) in [5.41, 5.74) is -0.928. The zero-order valence-corrected chi connectivity index (χ0v) is 12.0. The lowest BCUT2D eigenvalue weighted by Crippen LogP contribution is -2.49. The fraction of sp³-hybridized carbons (Fsp3) is 0.538. The van der Waals surface area contributed by atoms with Crippen LogP contribution in [-0.4, -0.2) is 34.7 Å². The van der Waals surface area contributed by atoms with Gasteiger partial charge in [0.25, 0.3) is 0 Å². The standard InChI is InChI=1S/C13H20BN2O3/c1-9(17)16-11-7-6-10(8-15-11)14-19-13(4,5)12(2,3)18/h6-8,18H,1-5H3,(H,15,16,17). The number of aliphatic hydroxyl groups is 1. The van der Waals surface area contributed by atoms with Gasteiger partial charge in [0.05, 0.1) is 11.2 Å². The molecule has 1 rings (SSSR count). The van der Waals surface area contributed by atoms with E-state index in [-0.39, 0.29) is 5.91 Å². The van der Waals surface area contributed by atoms with Gasteiger partial charge in [0.2, 0.25) is 5.91 Å². The van der Waals surface area contributed by atoms with Crippen LogP contribution in [0.3, 0.4) is 0 Å². The number of nitrogens with one attached hydrogen (secondary N) is 1. The van der Waals surface area contributed by atoms with Crippen molar-refractivity contribution in [3.05, 3.63) is 18.3 Å². The molecule has 19 heavy (non-hydrogen) atoms. The lowest BCUT2D eigenvalue weighted by molar-refractivity contribution is -0.114. The molecule has 1 aromatic rings. The first-order valence-corrected chi connectivity index (χ1v) is 6.09. The molecule has 0 unspecified atom stereocenters. The van der Waals surface area contributed by atoms with Crippen molar-refractivity contribution >= 4 is 24.7 Å². The molecule has 0 saturated carbocycles. The Bertz CT molecular complexity index is 438. The Morgan fingerprint density at radius 1 is 1.37 bits per heavy atom. The van der Waals surface area contributed by atoms with E-state index in [9.17, 15) is 9.90 Å². The fourth-order valence-electron chi connectivity index (χ4n) is 1.09. The van der Waals surface area contributed by atoms with E-state index in [1.165, 1.54) is 6.92 Å². The van der Waals surface area contributed by atoms with Gasteiger partial charge in [-0.15, -0.1) is 0 Å². The van der Waals surface area contributed by atoms with Gasteiger partial charge < -0.3 is 15.1 Å². The van der Waals surface area contributed by atoms with Gasteiger partial charge >= 0.3 is 7.48 Å². The monoisotopic (exact) mass is 263 g/mol. The predicted octanol–water partition coefficient (Wildman–Crippen LogP) is 0.851. The number of nitrogens with zero attached hydrogens (tertiary/aromatic N) is 1. The molecule has 1 aromatic heterocycles. The van der Waals surface area contributed by atoms with Gasteiger partial charge in [-0.05, 0) is 39.2 Å². The van der Waals surface area contributed by atoms with Crippen LogP contribution in [0.4, 0.5) is 5.82 Å². The van der Waals surface area contributed by atoms with E-state index >= 15 is 0 Å². The number of anilines is 1. The number of carbonyl (C=O) groups excluding carboxylic acids is 1. The van der Waals surface area contributed by atoms with Gasteiger partial charge in [0.15, 0.2) is 0 Å². The number of hydrogen-bond acceptors (Lipinski definition) is 4. The number of carbonyl (C=O) groups is 1. The van der Waals surface area contributed by atoms with Crippen LogP contribution in [0.2, 0.25) is 0 Å². The molecule has 103 valence electrons. The van der Waals surface area contributed by atoms with Gasteiger partial charge in [-0.1, -0.05) is 6.07 Å².